The predicted octanol–water partition coefficient (Wildman–Crippen LogP) is 5.30. The summed E-state index contributed by atoms with van der Waals surface area (Å²) in [5, 5.41) is 24.4. The smallest absolute Gasteiger partial charge is 0.490 e. The van der Waals surface area contributed by atoms with Crippen LogP contribution in [0.5, 0.6) is 5.75 Å². The molecule has 2 aromatic carbocycles. The van der Waals surface area contributed by atoms with Crippen LogP contribution in [-0.2, 0) is 27.2 Å². The standard InChI is InChI=1S/C28H37FN4O3S.2C2HF3O2/c29-22-6-4-5-20(19-22)11-14-32(15-13-25(30)35)17-18-33(23-7-2-1-3-8-23)16-12-21-9-10-24(34)26-27(21)37-28(36)31-26;2*3-2(4,5)1(6)7/h4-6,9-10,19,23,34H,1-3,7-8,11-18H2,(H2,30,35)(H,31,36);2*(H,6,7). The number of nitrogens with two attached hydrogens (primary N) is 1. The number of fused-ring (bicyclic) bond motifs is 1. The van der Waals surface area contributed by atoms with Gasteiger partial charge in [-0.25, -0.2) is 14.0 Å². The topological polar surface area (TPSA) is 177 Å². The number of thiazole rings is 1. The molecule has 1 amide bonds. The molecule has 0 atom stereocenters. The number of nitrogens with zero attached hydrogens (tertiary/aromatic N) is 2. The molecule has 0 unspecified atom stereocenters. The van der Waals surface area contributed by atoms with Gasteiger partial charge in [0.05, 0.1) is 4.70 Å². The zero-order valence-corrected chi connectivity index (χ0v) is 28.1. The van der Waals surface area contributed by atoms with Gasteiger partial charge in [0, 0.05) is 45.2 Å². The number of primary amides is 1. The largest absolute Gasteiger partial charge is 0.506 e. The van der Waals surface area contributed by atoms with Crippen LogP contribution in [0.15, 0.2) is 41.2 Å². The van der Waals surface area contributed by atoms with Gasteiger partial charge in [-0.1, -0.05) is 48.8 Å². The Morgan fingerprint density at radius 1 is 0.863 bits per heavy atom. The van der Waals surface area contributed by atoms with E-state index in [0.717, 1.165) is 59.8 Å². The maximum atomic E-state index is 13.6. The number of aromatic hydroxyl groups is 1. The molecule has 1 fully saturated rings. The predicted molar refractivity (Wildman–Crippen MR) is 174 cm³/mol. The summed E-state index contributed by atoms with van der Waals surface area (Å²) in [5.41, 5.74) is 7.97. The number of hydrogen-bond acceptors (Lipinski definition) is 8. The van der Waals surface area contributed by atoms with Crippen molar-refractivity contribution in [1.82, 2.24) is 14.8 Å². The molecule has 1 aliphatic rings. The summed E-state index contributed by atoms with van der Waals surface area (Å²) in [4.78, 5) is 48.6. The van der Waals surface area contributed by atoms with E-state index in [9.17, 15) is 45.4 Å². The number of carboxylic acid groups (broad SMARTS) is 2. The summed E-state index contributed by atoms with van der Waals surface area (Å²) in [6.07, 6.45) is -2.29. The van der Waals surface area contributed by atoms with E-state index in [4.69, 9.17) is 25.5 Å². The number of halogens is 7. The van der Waals surface area contributed by atoms with E-state index in [1.807, 2.05) is 12.1 Å². The second-order valence-corrected chi connectivity index (χ2v) is 12.6. The van der Waals surface area contributed by atoms with Crippen molar-refractivity contribution in [1.29, 1.82) is 0 Å². The SMILES string of the molecule is NC(=O)CCN(CCc1cccc(F)c1)CCN(CCc1ccc(O)c2[nH]c(=O)sc12)C1CCCCC1.O=C(O)C(F)(F)F.O=C(O)C(F)(F)F. The third kappa shape index (κ3) is 15.7. The third-order valence-electron chi connectivity index (χ3n) is 7.87. The van der Waals surface area contributed by atoms with Crippen molar-refractivity contribution in [3.8, 4) is 5.75 Å². The van der Waals surface area contributed by atoms with E-state index in [1.165, 1.54) is 38.2 Å². The second kappa shape index (κ2) is 20.0. The number of hydrogen-bond donors (Lipinski definition) is 5. The van der Waals surface area contributed by atoms with Crippen LogP contribution < -0.4 is 10.6 Å². The number of phenols is 1. The first kappa shape index (κ1) is 42.9. The van der Waals surface area contributed by atoms with Crippen molar-refractivity contribution in [2.24, 2.45) is 5.73 Å². The van der Waals surface area contributed by atoms with E-state index < -0.39 is 24.3 Å². The maximum absolute atomic E-state index is 13.6. The van der Waals surface area contributed by atoms with Gasteiger partial charge in [0.15, 0.2) is 0 Å². The third-order valence-corrected chi connectivity index (χ3v) is 8.83. The molecule has 0 bridgehead atoms. The van der Waals surface area contributed by atoms with E-state index in [1.54, 1.807) is 18.2 Å². The van der Waals surface area contributed by atoms with Crippen molar-refractivity contribution < 1.29 is 60.4 Å². The Bertz CT molecular complexity index is 1620. The number of carbonyl (C=O) groups is 3. The fourth-order valence-electron chi connectivity index (χ4n) is 5.31. The Morgan fingerprint density at radius 2 is 1.47 bits per heavy atom. The van der Waals surface area contributed by atoms with Crippen molar-refractivity contribution in [2.75, 3.05) is 32.7 Å². The van der Waals surface area contributed by atoms with Crippen LogP contribution in [0.1, 0.15) is 49.7 Å². The second-order valence-electron chi connectivity index (χ2n) is 11.6. The first-order valence-electron chi connectivity index (χ1n) is 15.7. The number of aromatic amines is 1. The number of alkyl halides is 6. The summed E-state index contributed by atoms with van der Waals surface area (Å²) in [7, 11) is 0. The molecule has 1 heterocycles. The highest BCUT2D eigenvalue weighted by Gasteiger charge is 2.39. The highest BCUT2D eigenvalue weighted by Crippen LogP contribution is 2.29. The molecule has 0 aliphatic heterocycles. The summed E-state index contributed by atoms with van der Waals surface area (Å²) < 4.78 is 77.9. The zero-order valence-electron chi connectivity index (χ0n) is 27.2. The van der Waals surface area contributed by atoms with E-state index in [2.05, 4.69) is 14.8 Å². The van der Waals surface area contributed by atoms with Gasteiger partial charge in [-0.15, -0.1) is 0 Å². The van der Waals surface area contributed by atoms with Gasteiger partial charge in [-0.3, -0.25) is 14.5 Å². The maximum Gasteiger partial charge on any atom is 0.490 e. The van der Waals surface area contributed by atoms with Gasteiger partial charge >= 0.3 is 29.2 Å². The number of phenolic OH excluding ortho intramolecular Hbond substituents is 1. The van der Waals surface area contributed by atoms with Crippen molar-refractivity contribution in [3.63, 3.8) is 0 Å². The molecule has 3 aromatic rings. The molecular formula is C32H39F7N4O7S. The summed E-state index contributed by atoms with van der Waals surface area (Å²) >= 11 is 1.14. The first-order chi connectivity index (χ1) is 23.8. The van der Waals surface area contributed by atoms with Crippen LogP contribution in [0.2, 0.25) is 0 Å². The van der Waals surface area contributed by atoms with E-state index in [0.29, 0.717) is 30.9 Å². The average molecular weight is 757 g/mol. The van der Waals surface area contributed by atoms with E-state index in [-0.39, 0.29) is 22.3 Å². The fourth-order valence-corrected chi connectivity index (χ4v) is 6.21. The molecule has 4 rings (SSSR count). The van der Waals surface area contributed by atoms with Crippen molar-refractivity contribution >= 4 is 39.4 Å². The van der Waals surface area contributed by atoms with Crippen LogP contribution in [0.3, 0.4) is 0 Å². The van der Waals surface area contributed by atoms with Crippen molar-refractivity contribution in [3.05, 3.63) is 63.0 Å². The number of amides is 1. The minimum Gasteiger partial charge on any atom is -0.506 e. The fraction of sp³-hybridized carbons (Fsp3) is 0.500. The van der Waals surface area contributed by atoms with Gasteiger partial charge < -0.3 is 30.9 Å². The molecule has 0 saturated heterocycles. The van der Waals surface area contributed by atoms with Gasteiger partial charge in [-0.2, -0.15) is 26.3 Å². The number of rotatable bonds is 13. The number of carbonyl (C=O) groups excluding carboxylic acids is 1. The Morgan fingerprint density at radius 3 is 2.02 bits per heavy atom. The van der Waals surface area contributed by atoms with Crippen LogP contribution >= 0.6 is 11.3 Å². The lowest BCUT2D eigenvalue weighted by molar-refractivity contribution is -0.193. The quantitative estimate of drug-likeness (QED) is 0.145. The van der Waals surface area contributed by atoms with Crippen molar-refractivity contribution in [2.45, 2.75) is 69.8 Å². The molecule has 1 aromatic heterocycles. The van der Waals surface area contributed by atoms with Gasteiger partial charge in [0.1, 0.15) is 17.1 Å². The molecule has 11 nitrogen and oxygen atoms in total. The minimum absolute atomic E-state index is 0.102. The Labute approximate surface area is 291 Å². The van der Waals surface area contributed by atoms with Crippen LogP contribution in [-0.4, -0.2) is 99.1 Å². The molecule has 19 heteroatoms. The number of H-pyrrole nitrogens is 1. The Hall–Kier alpha value is -4.23. The Kier molecular flexibility index (Phi) is 16.8. The summed E-state index contributed by atoms with van der Waals surface area (Å²) in [6, 6.07) is 10.7. The molecule has 284 valence electrons. The molecule has 1 saturated carbocycles. The van der Waals surface area contributed by atoms with Crippen LogP contribution in [0, 0.1) is 5.82 Å². The molecule has 0 radical (unpaired) electrons. The van der Waals surface area contributed by atoms with Gasteiger partial charge in [0.2, 0.25) is 5.91 Å². The number of benzene rings is 2. The lowest BCUT2D eigenvalue weighted by atomic mass is 9.93. The summed E-state index contributed by atoms with van der Waals surface area (Å²) in [5.74, 6) is -5.97. The molecule has 1 aliphatic carbocycles. The van der Waals surface area contributed by atoms with Gasteiger partial charge in [-0.05, 0) is 55.0 Å². The average Bonchev–Trinajstić information content (AvgIpc) is 3.45. The molecular weight excluding hydrogens is 717 g/mol. The lowest BCUT2D eigenvalue weighted by Crippen LogP contribution is -2.44. The molecule has 6 N–H and O–H groups in total. The Balaban J connectivity index is 0.000000543. The number of carboxylic acids is 2. The normalized spacial score (nSPS) is 13.7. The van der Waals surface area contributed by atoms with Crippen LogP contribution in [0.4, 0.5) is 30.7 Å². The number of nitrogens with one attached hydrogen (secondary N) is 1. The highest BCUT2D eigenvalue weighted by atomic mass is 32.1. The zero-order chi connectivity index (χ0) is 38.4. The van der Waals surface area contributed by atoms with E-state index >= 15 is 0 Å². The molecule has 0 spiro atoms. The monoisotopic (exact) mass is 756 g/mol. The number of aromatic nitrogens is 1. The van der Waals surface area contributed by atoms with Gasteiger partial charge in [0.25, 0.3) is 0 Å². The first-order valence-corrected chi connectivity index (χ1v) is 16.5. The lowest BCUT2D eigenvalue weighted by Gasteiger charge is -2.36. The summed E-state index contributed by atoms with van der Waals surface area (Å²) in [6.45, 7) is 3.81. The number of aliphatic carboxylic acids is 2. The minimum atomic E-state index is -5.08. The molecule has 51 heavy (non-hydrogen) atoms. The highest BCUT2D eigenvalue weighted by molar-refractivity contribution is 7.16. The van der Waals surface area contributed by atoms with Crippen LogP contribution in [0.25, 0.3) is 10.2 Å².